The molecule has 0 spiro atoms. The number of aromatic nitrogens is 1. The van der Waals surface area contributed by atoms with Crippen LogP contribution in [0.3, 0.4) is 0 Å². The second kappa shape index (κ2) is 5.12. The van der Waals surface area contributed by atoms with Crippen LogP contribution >= 0.6 is 45.5 Å². The van der Waals surface area contributed by atoms with E-state index in [4.69, 9.17) is 11.6 Å². The summed E-state index contributed by atoms with van der Waals surface area (Å²) in [6, 6.07) is 5.78. The first-order valence-electron chi connectivity index (χ1n) is 3.66. The van der Waals surface area contributed by atoms with Crippen LogP contribution in [0.4, 0.5) is 0 Å². The minimum absolute atomic E-state index is 0.753. The molecule has 0 aliphatic carbocycles. The number of benzene rings is 1. The quantitative estimate of drug-likeness (QED) is 0.519. The van der Waals surface area contributed by atoms with Gasteiger partial charge in [0.2, 0.25) is 0 Å². The van der Waals surface area contributed by atoms with Crippen molar-refractivity contribution in [1.82, 2.24) is 4.98 Å². The van der Waals surface area contributed by atoms with Gasteiger partial charge in [-0.1, -0.05) is 34.2 Å². The maximum absolute atomic E-state index is 5.79. The summed E-state index contributed by atoms with van der Waals surface area (Å²) in [7, 11) is 0. The smallest absolute Gasteiger partial charge is 0.0907 e. The van der Waals surface area contributed by atoms with Gasteiger partial charge in [-0.2, -0.15) is 0 Å². The molecule has 1 heterocycles. The molecule has 1 aromatic heterocycles. The average Bonchev–Trinajstić information content (AvgIpc) is 2.48. The summed E-state index contributed by atoms with van der Waals surface area (Å²) in [4.78, 5) is 6.28. The molecular weight excluding hydrogens is 317 g/mol. The number of hydrogen-bond donors (Lipinski definition) is 0. The van der Waals surface area contributed by atoms with Crippen LogP contribution in [0.15, 0.2) is 18.2 Å². The molecule has 0 fully saturated rings. The van der Waals surface area contributed by atoms with E-state index < -0.39 is 0 Å². The van der Waals surface area contributed by atoms with Crippen LogP contribution in [-0.2, 0) is 0 Å². The Morgan fingerprint density at radius 1 is 1.38 bits per heavy atom. The molecule has 0 N–H and O–H groups in total. The van der Waals surface area contributed by atoms with Crippen LogP contribution in [0.2, 0.25) is 5.02 Å². The van der Waals surface area contributed by atoms with Crippen molar-refractivity contribution in [2.75, 3.05) is 4.93 Å². The zero-order valence-corrected chi connectivity index (χ0v) is 11.1. The summed E-state index contributed by atoms with van der Waals surface area (Å²) >= 11 is 9.63. The molecule has 0 unspecified atom stereocenters. The van der Waals surface area contributed by atoms with E-state index in [0.717, 1.165) is 15.5 Å². The molecule has 0 aliphatic rings. The fraction of sp³-hybridized carbons (Fsp3) is 0.222. The van der Waals surface area contributed by atoms with Crippen molar-refractivity contribution in [3.8, 4) is 0 Å². The minimum Gasteiger partial charge on any atom is -0.241 e. The summed E-state index contributed by atoms with van der Waals surface area (Å²) in [5, 5.41) is 1.84. The van der Waals surface area contributed by atoms with Gasteiger partial charge in [0.05, 0.1) is 15.2 Å². The molecule has 4 heteroatoms. The molecule has 0 atom stereocenters. The topological polar surface area (TPSA) is 12.9 Å². The maximum Gasteiger partial charge on any atom is 0.0907 e. The van der Waals surface area contributed by atoms with Gasteiger partial charge in [0.25, 0.3) is 0 Å². The Morgan fingerprint density at radius 3 is 2.77 bits per heavy atom. The highest BCUT2D eigenvalue weighted by Gasteiger charge is 1.98. The lowest BCUT2D eigenvalue weighted by Crippen LogP contribution is -1.67. The zero-order valence-electron chi connectivity index (χ0n) is 7.34. The molecule has 0 saturated heterocycles. The van der Waals surface area contributed by atoms with Crippen molar-refractivity contribution in [1.29, 1.82) is 0 Å². The van der Waals surface area contributed by atoms with Crippen LogP contribution < -0.4 is 0 Å². The van der Waals surface area contributed by atoms with E-state index in [9.17, 15) is 0 Å². The number of fused-ring (bicyclic) bond motifs is 1. The minimum atomic E-state index is 0.753. The normalized spacial score (nSPS) is 9.54. The third kappa shape index (κ3) is 2.79. The molecule has 0 bridgehead atoms. The first-order chi connectivity index (χ1) is 6.25. The van der Waals surface area contributed by atoms with E-state index >= 15 is 0 Å². The van der Waals surface area contributed by atoms with Gasteiger partial charge in [-0.05, 0) is 30.1 Å². The molecule has 70 valence electrons. The standard InChI is InChI=1S/C8H6ClNS.CH3I/c1-5-10-7-4-6(9)2-3-8(7)11-5;1-2/h2-4H,1H3;1H3. The Hall–Kier alpha value is 0.130. The van der Waals surface area contributed by atoms with Gasteiger partial charge in [0, 0.05) is 5.02 Å². The van der Waals surface area contributed by atoms with E-state index in [1.165, 1.54) is 4.70 Å². The van der Waals surface area contributed by atoms with Crippen LogP contribution in [0.5, 0.6) is 0 Å². The van der Waals surface area contributed by atoms with Crippen LogP contribution in [0.1, 0.15) is 5.01 Å². The van der Waals surface area contributed by atoms with Gasteiger partial charge in [-0.15, -0.1) is 11.3 Å². The Bertz CT molecular complexity index is 399. The second-order valence-corrected chi connectivity index (χ2v) is 4.02. The second-order valence-electron chi connectivity index (χ2n) is 2.34. The van der Waals surface area contributed by atoms with Crippen molar-refractivity contribution >= 4 is 55.7 Å². The third-order valence-electron chi connectivity index (χ3n) is 1.46. The number of hydrogen-bond acceptors (Lipinski definition) is 2. The average molecular weight is 326 g/mol. The van der Waals surface area contributed by atoms with Crippen LogP contribution in [0.25, 0.3) is 10.2 Å². The molecule has 0 aliphatic heterocycles. The lowest BCUT2D eigenvalue weighted by molar-refractivity contribution is 1.35. The Balaban J connectivity index is 0.000000396. The summed E-state index contributed by atoms with van der Waals surface area (Å²) in [5.74, 6) is 0. The van der Waals surface area contributed by atoms with Crippen molar-refractivity contribution in [3.05, 3.63) is 28.2 Å². The monoisotopic (exact) mass is 325 g/mol. The number of aryl methyl sites for hydroxylation is 1. The third-order valence-corrected chi connectivity index (χ3v) is 2.64. The number of rotatable bonds is 0. The van der Waals surface area contributed by atoms with E-state index in [0.29, 0.717) is 0 Å². The largest absolute Gasteiger partial charge is 0.241 e. The molecule has 13 heavy (non-hydrogen) atoms. The highest BCUT2D eigenvalue weighted by atomic mass is 127. The fourth-order valence-electron chi connectivity index (χ4n) is 1.02. The van der Waals surface area contributed by atoms with Gasteiger partial charge in [-0.25, -0.2) is 4.98 Å². The summed E-state index contributed by atoms with van der Waals surface area (Å²) in [6.07, 6.45) is 0. The maximum atomic E-state index is 5.79. The molecule has 0 saturated carbocycles. The highest BCUT2D eigenvalue weighted by Crippen LogP contribution is 2.23. The Morgan fingerprint density at radius 2 is 2.08 bits per heavy atom. The highest BCUT2D eigenvalue weighted by molar-refractivity contribution is 14.1. The predicted octanol–water partition coefficient (Wildman–Crippen LogP) is 4.31. The molecule has 1 nitrogen and oxygen atoms in total. The summed E-state index contributed by atoms with van der Waals surface area (Å²) < 4.78 is 1.20. The van der Waals surface area contributed by atoms with Gasteiger partial charge in [-0.3, -0.25) is 0 Å². The van der Waals surface area contributed by atoms with Crippen molar-refractivity contribution in [3.63, 3.8) is 0 Å². The molecule has 0 amide bonds. The molecule has 0 radical (unpaired) electrons. The van der Waals surface area contributed by atoms with E-state index in [1.54, 1.807) is 11.3 Å². The lowest BCUT2D eigenvalue weighted by Gasteiger charge is -1.86. The first kappa shape index (κ1) is 11.2. The van der Waals surface area contributed by atoms with Gasteiger partial charge in [0.15, 0.2) is 0 Å². The number of thiazole rings is 1. The van der Waals surface area contributed by atoms with Crippen molar-refractivity contribution in [2.45, 2.75) is 6.92 Å². The van der Waals surface area contributed by atoms with Crippen molar-refractivity contribution in [2.24, 2.45) is 0 Å². The molecule has 2 aromatic rings. The van der Waals surface area contributed by atoms with Gasteiger partial charge >= 0.3 is 0 Å². The zero-order chi connectivity index (χ0) is 9.84. The molecule has 2 rings (SSSR count). The van der Waals surface area contributed by atoms with Crippen molar-refractivity contribution < 1.29 is 0 Å². The van der Waals surface area contributed by atoms with Gasteiger partial charge < -0.3 is 0 Å². The SMILES string of the molecule is CI.Cc1nc2cc(Cl)ccc2s1. The van der Waals surface area contributed by atoms with Crippen LogP contribution in [0, 0.1) is 6.92 Å². The first-order valence-corrected chi connectivity index (χ1v) is 7.01. The summed E-state index contributed by atoms with van der Waals surface area (Å²) in [5.41, 5.74) is 1.00. The van der Waals surface area contributed by atoms with Crippen LogP contribution in [-0.4, -0.2) is 9.91 Å². The Labute approximate surface area is 100 Å². The molecular formula is C9H9ClINS. The summed E-state index contributed by atoms with van der Waals surface area (Å²) in [6.45, 7) is 2.00. The fourth-order valence-corrected chi connectivity index (χ4v) is 1.99. The van der Waals surface area contributed by atoms with E-state index in [-0.39, 0.29) is 0 Å². The number of halogens is 2. The molecule has 1 aromatic carbocycles. The lowest BCUT2D eigenvalue weighted by atomic mass is 10.3. The van der Waals surface area contributed by atoms with Gasteiger partial charge in [0.1, 0.15) is 0 Å². The number of alkyl halides is 1. The predicted molar refractivity (Wildman–Crippen MR) is 69.3 cm³/mol. The van der Waals surface area contributed by atoms with E-state index in [2.05, 4.69) is 27.6 Å². The number of nitrogens with zero attached hydrogens (tertiary/aromatic N) is 1. The Kier molecular flexibility index (Phi) is 4.41. The van der Waals surface area contributed by atoms with E-state index in [1.807, 2.05) is 30.1 Å².